The van der Waals surface area contributed by atoms with Crippen molar-refractivity contribution in [1.29, 1.82) is 5.26 Å². The van der Waals surface area contributed by atoms with Crippen molar-refractivity contribution in [3.8, 4) is 29.1 Å². The molecule has 3 aromatic rings. The first kappa shape index (κ1) is 31.2. The molecule has 2 fully saturated rings. The number of hydrogen-bond donors (Lipinski definition) is 2. The van der Waals surface area contributed by atoms with Crippen LogP contribution in [0.5, 0.6) is 23.0 Å². The quantitative estimate of drug-likeness (QED) is 0.280. The minimum atomic E-state index is -1.25. The zero-order valence-corrected chi connectivity index (χ0v) is 28.6. The predicted molar refractivity (Wildman–Crippen MR) is 179 cm³/mol. The molecule has 7 aliphatic heterocycles. The molecule has 0 spiro atoms. The largest absolute Gasteiger partial charge is 0.507 e. The molecule has 1 unspecified atom stereocenters. The van der Waals surface area contributed by atoms with E-state index in [2.05, 4.69) is 21.9 Å². The Morgan fingerprint density at radius 1 is 0.900 bits per heavy atom. The zero-order chi connectivity index (χ0) is 34.9. The van der Waals surface area contributed by atoms with Gasteiger partial charge in [-0.1, -0.05) is 18.2 Å². The van der Waals surface area contributed by atoms with E-state index in [-0.39, 0.29) is 47.8 Å². The molecule has 13 heteroatoms. The summed E-state index contributed by atoms with van der Waals surface area (Å²) in [4.78, 5) is 46.6. The smallest absolute Gasteiger partial charge is 0.330 e. The van der Waals surface area contributed by atoms with E-state index in [0.717, 1.165) is 27.2 Å². The van der Waals surface area contributed by atoms with E-state index < -0.39 is 53.2 Å². The average molecular weight is 695 g/mol. The molecule has 3 aromatic carbocycles. The number of nitriles is 1. The molecule has 10 rings (SSSR count). The van der Waals surface area contributed by atoms with Crippen LogP contribution in [0.2, 0.25) is 0 Å². The topological polar surface area (TPSA) is 153 Å². The normalized spacial score (nSPS) is 29.5. The van der Waals surface area contributed by atoms with E-state index in [9.17, 15) is 29.9 Å². The predicted octanol–water partition coefficient (Wildman–Crippen LogP) is 3.98. The van der Waals surface area contributed by atoms with Crippen LogP contribution in [0.15, 0.2) is 30.3 Å². The molecule has 4 bridgehead atoms. The number of imide groups is 1. The fourth-order valence-electron chi connectivity index (χ4n) is 9.23. The lowest BCUT2D eigenvalue weighted by Crippen LogP contribution is -2.69. The van der Waals surface area contributed by atoms with Crippen LogP contribution in [0.3, 0.4) is 0 Å². The van der Waals surface area contributed by atoms with Gasteiger partial charge in [-0.3, -0.25) is 24.3 Å². The Bertz CT molecular complexity index is 2080. The van der Waals surface area contributed by atoms with Gasteiger partial charge in [0.2, 0.25) is 6.79 Å². The minimum Gasteiger partial charge on any atom is -0.507 e. The third-order valence-electron chi connectivity index (χ3n) is 11.7. The molecule has 0 aliphatic carbocycles. The van der Waals surface area contributed by atoms with Crippen LogP contribution >= 0.6 is 11.8 Å². The second-order valence-electron chi connectivity index (χ2n) is 13.9. The maximum Gasteiger partial charge on any atom is 0.330 e. The Morgan fingerprint density at radius 3 is 2.28 bits per heavy atom. The number of benzene rings is 3. The summed E-state index contributed by atoms with van der Waals surface area (Å²) in [5.74, 6) is -0.869. The van der Waals surface area contributed by atoms with Crippen molar-refractivity contribution in [3.05, 3.63) is 80.4 Å². The first-order chi connectivity index (χ1) is 24.0. The Balaban J connectivity index is 1.26. The van der Waals surface area contributed by atoms with E-state index >= 15 is 0 Å². The number of ether oxygens (including phenoxy) is 3. The maximum absolute atomic E-state index is 14.0. The minimum absolute atomic E-state index is 0.00852. The lowest BCUT2D eigenvalue weighted by Gasteiger charge is -2.61. The molecule has 0 aromatic heterocycles. The monoisotopic (exact) mass is 694 g/mol. The molecule has 7 aliphatic rings. The summed E-state index contributed by atoms with van der Waals surface area (Å²) in [7, 11) is 1.97. The van der Waals surface area contributed by atoms with Gasteiger partial charge in [-0.05, 0) is 63.1 Å². The van der Waals surface area contributed by atoms with Crippen molar-refractivity contribution in [2.75, 3.05) is 26.2 Å². The Kier molecular flexibility index (Phi) is 6.78. The Hall–Kier alpha value is -4.77. The van der Waals surface area contributed by atoms with Gasteiger partial charge in [-0.15, -0.1) is 11.8 Å². The number of carbonyl (C=O) groups excluding carboxylic acids is 3. The van der Waals surface area contributed by atoms with Gasteiger partial charge in [0.1, 0.15) is 30.2 Å². The molecule has 50 heavy (non-hydrogen) atoms. The fourth-order valence-corrected chi connectivity index (χ4v) is 10.8. The molecule has 2 amide bonds. The number of carbonyl (C=O) groups is 3. The number of piperazine rings is 1. The van der Waals surface area contributed by atoms with Crippen molar-refractivity contribution in [1.82, 2.24) is 14.7 Å². The van der Waals surface area contributed by atoms with Gasteiger partial charge in [-0.25, -0.2) is 4.79 Å². The number of aromatic hydroxyl groups is 2. The lowest BCUT2D eigenvalue weighted by molar-refractivity contribution is -0.153. The summed E-state index contributed by atoms with van der Waals surface area (Å²) in [5, 5.41) is 34.2. The van der Waals surface area contributed by atoms with Crippen molar-refractivity contribution < 1.29 is 38.8 Å². The average Bonchev–Trinajstić information content (AvgIpc) is 3.69. The molecule has 0 saturated carbocycles. The lowest BCUT2D eigenvalue weighted by atomic mass is 9.71. The SMILES string of the molecule is Cc1cc2c(c(O)c1C)[C@@H]1C3[C@@H]4SC[C@H](N5C(=O)c6ccccc6C5=O)C(=O)OC[C@@H](c5c6c(c(C)c(O)c54)OCO6)N3[C@@H](C#N)[C@H](C2)N1C. The van der Waals surface area contributed by atoms with Crippen LogP contribution in [-0.2, 0) is 16.0 Å². The molecule has 2 saturated heterocycles. The van der Waals surface area contributed by atoms with Gasteiger partial charge < -0.3 is 24.4 Å². The van der Waals surface area contributed by atoms with E-state index in [1.807, 2.05) is 20.9 Å². The Labute approximate surface area is 292 Å². The van der Waals surface area contributed by atoms with Crippen LogP contribution in [0.25, 0.3) is 0 Å². The highest BCUT2D eigenvalue weighted by Gasteiger charge is 2.61. The summed E-state index contributed by atoms with van der Waals surface area (Å²) >= 11 is 1.32. The van der Waals surface area contributed by atoms with Gasteiger partial charge in [0.05, 0.1) is 34.5 Å². The Morgan fingerprint density at radius 2 is 1.58 bits per heavy atom. The molecule has 7 atom stereocenters. The van der Waals surface area contributed by atoms with E-state index in [0.29, 0.717) is 34.6 Å². The molecular weight excluding hydrogens is 660 g/mol. The van der Waals surface area contributed by atoms with Crippen molar-refractivity contribution in [2.45, 2.75) is 68.7 Å². The number of fused-ring (bicyclic) bond motifs is 11. The summed E-state index contributed by atoms with van der Waals surface area (Å²) in [5.41, 5.74) is 5.58. The van der Waals surface area contributed by atoms with Crippen molar-refractivity contribution >= 4 is 29.5 Å². The van der Waals surface area contributed by atoms with Crippen LogP contribution in [0.4, 0.5) is 0 Å². The van der Waals surface area contributed by atoms with Gasteiger partial charge >= 0.3 is 5.97 Å². The van der Waals surface area contributed by atoms with Crippen LogP contribution in [0.1, 0.15) is 77.0 Å². The van der Waals surface area contributed by atoms with Crippen LogP contribution in [0, 0.1) is 32.1 Å². The molecule has 2 N–H and O–H groups in total. The first-order valence-corrected chi connectivity index (χ1v) is 17.7. The highest BCUT2D eigenvalue weighted by atomic mass is 32.2. The first-order valence-electron chi connectivity index (χ1n) is 16.7. The van der Waals surface area contributed by atoms with Gasteiger partial charge in [0, 0.05) is 40.1 Å². The number of rotatable bonds is 1. The molecule has 7 heterocycles. The van der Waals surface area contributed by atoms with Gasteiger partial charge in [0.25, 0.3) is 11.8 Å². The molecular formula is C37H34N4O8S. The number of aryl methyl sites for hydroxylation is 1. The second-order valence-corrected chi connectivity index (χ2v) is 15.1. The second kappa shape index (κ2) is 10.9. The number of esters is 1. The number of likely N-dealkylation sites (N-methyl/N-ethyl adjacent to an activating group) is 1. The summed E-state index contributed by atoms with van der Waals surface area (Å²) < 4.78 is 18.0. The number of nitrogens with zero attached hydrogens (tertiary/aromatic N) is 4. The number of thioether (sulfide) groups is 1. The van der Waals surface area contributed by atoms with E-state index in [4.69, 9.17) is 14.2 Å². The number of hydrogen-bond acceptors (Lipinski definition) is 12. The van der Waals surface area contributed by atoms with Crippen LogP contribution < -0.4 is 9.47 Å². The fraction of sp³-hybridized carbons (Fsp3) is 0.405. The molecule has 0 radical (unpaired) electrons. The molecule has 12 nitrogen and oxygen atoms in total. The number of phenols is 2. The number of amides is 2. The third-order valence-corrected chi connectivity index (χ3v) is 13.1. The van der Waals surface area contributed by atoms with E-state index in [1.165, 1.54) is 11.8 Å². The maximum atomic E-state index is 14.0. The van der Waals surface area contributed by atoms with Crippen molar-refractivity contribution in [3.63, 3.8) is 0 Å². The third kappa shape index (κ3) is 3.92. The van der Waals surface area contributed by atoms with Gasteiger partial charge in [0.15, 0.2) is 11.5 Å². The summed E-state index contributed by atoms with van der Waals surface area (Å²) in [6.45, 7) is 5.31. The van der Waals surface area contributed by atoms with Crippen molar-refractivity contribution in [2.24, 2.45) is 0 Å². The standard InChI is InChI=1S/C37H34N4O8S/c1-15-9-18-10-21-22(11-38)40-23-12-47-37(46)24(41-35(44)19-7-5-6-8-20(19)36(41)45)13-50-34(29(40)28(39(21)4)25(18)30(42)16(15)2)27-26(23)33-32(48-14-49-33)17(3)31(27)43/h5-9,21-24,28-29,34,42-43H,10,12-14H2,1-4H3/t21-,22-,23-,24-,28+,29?,34+/m0/s1. The number of phenolic OH excluding ortho intramolecular Hbond substituents is 2. The summed E-state index contributed by atoms with van der Waals surface area (Å²) in [6, 6.07) is 7.25. The highest BCUT2D eigenvalue weighted by molar-refractivity contribution is 7.99. The van der Waals surface area contributed by atoms with Crippen LogP contribution in [-0.4, -0.2) is 93.1 Å². The highest BCUT2D eigenvalue weighted by Crippen LogP contribution is 2.63. The summed E-state index contributed by atoms with van der Waals surface area (Å²) in [6.07, 6.45) is 0.522. The van der Waals surface area contributed by atoms with E-state index in [1.54, 1.807) is 31.2 Å². The zero-order valence-electron chi connectivity index (χ0n) is 27.8. The molecule has 256 valence electrons. The van der Waals surface area contributed by atoms with Gasteiger partial charge in [-0.2, -0.15) is 5.26 Å².